The van der Waals surface area contributed by atoms with Gasteiger partial charge in [-0.3, -0.25) is 0 Å². The third kappa shape index (κ3) is 6.04. The summed E-state index contributed by atoms with van der Waals surface area (Å²) in [5, 5.41) is 0. The Morgan fingerprint density at radius 3 is 2.38 bits per heavy atom. The maximum atomic E-state index is 10.3. The van der Waals surface area contributed by atoms with Crippen LogP contribution in [0, 0.1) is 0 Å². The minimum absolute atomic E-state index is 0.471. The van der Waals surface area contributed by atoms with Gasteiger partial charge in [-0.05, 0) is 10.8 Å². The van der Waals surface area contributed by atoms with Crippen LogP contribution < -0.4 is 0 Å². The van der Waals surface area contributed by atoms with E-state index >= 15 is 0 Å². The van der Waals surface area contributed by atoms with Crippen molar-refractivity contribution in [2.24, 2.45) is 0 Å². The highest BCUT2D eigenvalue weighted by molar-refractivity contribution is 8.71. The molecule has 2 nitrogen and oxygen atoms in total. The largest absolute Gasteiger partial charge is 0.218 e. The minimum atomic E-state index is -2.84. The van der Waals surface area contributed by atoms with E-state index in [1.807, 2.05) is 0 Å². The van der Waals surface area contributed by atoms with Crippen LogP contribution in [-0.2, 0) is 8.87 Å². The lowest BCUT2D eigenvalue weighted by atomic mass is 10.8. The molecule has 0 rings (SSSR count). The van der Waals surface area contributed by atoms with E-state index in [2.05, 4.69) is 6.58 Å². The van der Waals surface area contributed by atoms with Crippen LogP contribution in [0.1, 0.15) is 0 Å². The molecule has 0 fully saturated rings. The maximum Gasteiger partial charge on any atom is 0.198 e. The highest BCUT2D eigenvalue weighted by atomic mass is 33.1. The van der Waals surface area contributed by atoms with E-state index in [9.17, 15) is 8.42 Å². The van der Waals surface area contributed by atoms with Crippen molar-refractivity contribution in [3.05, 3.63) is 12.7 Å². The predicted molar refractivity (Wildman–Crippen MR) is 37.5 cm³/mol. The number of hydrogen-bond acceptors (Lipinski definition) is 3. The highest BCUT2D eigenvalue weighted by Gasteiger charge is 1.97. The summed E-state index contributed by atoms with van der Waals surface area (Å²) in [5.41, 5.74) is 0. The molecule has 0 heterocycles. The lowest BCUT2D eigenvalue weighted by Crippen LogP contribution is -1.87. The predicted octanol–water partition coefficient (Wildman–Crippen LogP) is 0.865. The molecule has 0 saturated heterocycles. The van der Waals surface area contributed by atoms with Crippen molar-refractivity contribution in [1.29, 1.82) is 0 Å². The topological polar surface area (TPSA) is 34.1 Å². The Bertz CT molecular complexity index is 157. The number of hydrogen-bond donors (Lipinski definition) is 0. The summed E-state index contributed by atoms with van der Waals surface area (Å²) >= 11 is 0. The van der Waals surface area contributed by atoms with Crippen molar-refractivity contribution in [2.45, 2.75) is 0 Å². The van der Waals surface area contributed by atoms with Gasteiger partial charge in [-0.25, -0.2) is 8.42 Å². The van der Waals surface area contributed by atoms with Crippen molar-refractivity contribution in [1.82, 2.24) is 0 Å². The van der Waals surface area contributed by atoms with Crippen LogP contribution in [0.5, 0.6) is 0 Å². The summed E-state index contributed by atoms with van der Waals surface area (Å²) in [4.78, 5) is 0. The second-order valence-electron chi connectivity index (χ2n) is 1.28. The molecule has 0 spiro atoms. The first kappa shape index (κ1) is 8.04. The molecule has 0 aromatic carbocycles. The summed E-state index contributed by atoms with van der Waals surface area (Å²) in [6.07, 6.45) is 2.74. The fraction of sp³-hybridized carbons (Fsp3) is 0.500. The fourth-order valence-electron chi connectivity index (χ4n) is 0.172. The summed E-state index contributed by atoms with van der Waals surface area (Å²) in [5.74, 6) is 0.471. The molecule has 0 amide bonds. The summed E-state index contributed by atoms with van der Waals surface area (Å²) in [7, 11) is -1.95. The molecular weight excluding hydrogens is 144 g/mol. The van der Waals surface area contributed by atoms with Gasteiger partial charge in [0.1, 0.15) is 0 Å². The molecule has 8 heavy (non-hydrogen) atoms. The van der Waals surface area contributed by atoms with Gasteiger partial charge in [0, 0.05) is 12.0 Å². The standard InChI is InChI=1S/C4H8O2S2/c1-3-4-7-8(2,5)6/h3H,1,4H2,2H3. The lowest BCUT2D eigenvalue weighted by Gasteiger charge is -1.88. The van der Waals surface area contributed by atoms with Crippen LogP contribution in [0.25, 0.3) is 0 Å². The summed E-state index contributed by atoms with van der Waals surface area (Å²) in [6.45, 7) is 3.38. The Hall–Kier alpha value is 0.0400. The molecule has 0 aromatic heterocycles. The third-order valence-electron chi connectivity index (χ3n) is 0.400. The molecule has 0 aromatic rings. The molecule has 0 unspecified atom stereocenters. The van der Waals surface area contributed by atoms with Gasteiger partial charge in [0.2, 0.25) is 0 Å². The molecule has 48 valence electrons. The first-order valence-corrected chi connectivity index (χ1v) is 5.41. The van der Waals surface area contributed by atoms with E-state index in [0.717, 1.165) is 10.8 Å². The van der Waals surface area contributed by atoms with Crippen molar-refractivity contribution >= 4 is 19.7 Å². The Morgan fingerprint density at radius 2 is 2.25 bits per heavy atom. The van der Waals surface area contributed by atoms with Gasteiger partial charge in [0.05, 0.1) is 0 Å². The van der Waals surface area contributed by atoms with Crippen molar-refractivity contribution in [3.8, 4) is 0 Å². The van der Waals surface area contributed by atoms with Crippen LogP contribution in [0.15, 0.2) is 12.7 Å². The SMILES string of the molecule is C=CCSS(C)(=O)=O. The zero-order valence-corrected chi connectivity index (χ0v) is 6.26. The quantitative estimate of drug-likeness (QED) is 0.444. The first-order chi connectivity index (χ1) is 3.56. The molecule has 0 aliphatic carbocycles. The van der Waals surface area contributed by atoms with Crippen LogP contribution >= 0.6 is 10.8 Å². The lowest BCUT2D eigenvalue weighted by molar-refractivity contribution is 0.615. The molecule has 0 saturated carbocycles. The molecule has 0 bridgehead atoms. The van der Waals surface area contributed by atoms with E-state index < -0.39 is 8.87 Å². The highest BCUT2D eigenvalue weighted by Crippen LogP contribution is 2.07. The Balaban J connectivity index is 3.57. The molecule has 0 aliphatic heterocycles. The first-order valence-electron chi connectivity index (χ1n) is 2.01. The van der Waals surface area contributed by atoms with Gasteiger partial charge in [0.25, 0.3) is 0 Å². The molecule has 0 N–H and O–H groups in total. The molecule has 0 radical (unpaired) electrons. The molecule has 0 atom stereocenters. The second-order valence-corrected chi connectivity index (χ2v) is 5.78. The van der Waals surface area contributed by atoms with Gasteiger partial charge in [0.15, 0.2) is 8.87 Å². The van der Waals surface area contributed by atoms with Crippen LogP contribution in [0.2, 0.25) is 0 Å². The van der Waals surface area contributed by atoms with Gasteiger partial charge < -0.3 is 0 Å². The fourth-order valence-corrected chi connectivity index (χ4v) is 1.55. The monoisotopic (exact) mass is 152 g/mol. The van der Waals surface area contributed by atoms with Gasteiger partial charge >= 0.3 is 0 Å². The zero-order chi connectivity index (χ0) is 6.62. The number of rotatable bonds is 3. The van der Waals surface area contributed by atoms with E-state index in [1.165, 1.54) is 6.26 Å². The van der Waals surface area contributed by atoms with E-state index in [1.54, 1.807) is 6.08 Å². The Labute approximate surface area is 53.3 Å². The van der Waals surface area contributed by atoms with Crippen molar-refractivity contribution in [3.63, 3.8) is 0 Å². The van der Waals surface area contributed by atoms with Crippen LogP contribution in [0.4, 0.5) is 0 Å². The minimum Gasteiger partial charge on any atom is -0.218 e. The van der Waals surface area contributed by atoms with Gasteiger partial charge in [-0.1, -0.05) is 6.08 Å². The van der Waals surface area contributed by atoms with Crippen molar-refractivity contribution in [2.75, 3.05) is 12.0 Å². The third-order valence-corrected chi connectivity index (χ3v) is 2.89. The summed E-state index contributed by atoms with van der Waals surface area (Å²) in [6, 6.07) is 0. The zero-order valence-electron chi connectivity index (χ0n) is 4.62. The van der Waals surface area contributed by atoms with Crippen LogP contribution in [-0.4, -0.2) is 20.4 Å². The Morgan fingerprint density at radius 1 is 1.75 bits per heavy atom. The van der Waals surface area contributed by atoms with Crippen LogP contribution in [0.3, 0.4) is 0 Å². The normalized spacial score (nSPS) is 11.1. The van der Waals surface area contributed by atoms with E-state index in [-0.39, 0.29) is 0 Å². The summed E-state index contributed by atoms with van der Waals surface area (Å²) < 4.78 is 20.6. The maximum absolute atomic E-state index is 10.3. The van der Waals surface area contributed by atoms with E-state index in [0.29, 0.717) is 5.75 Å². The average Bonchev–Trinajstić information content (AvgIpc) is 1.59. The van der Waals surface area contributed by atoms with Gasteiger partial charge in [-0.15, -0.1) is 6.58 Å². The molecular formula is C4H8O2S2. The smallest absolute Gasteiger partial charge is 0.198 e. The second kappa shape index (κ2) is 3.14. The van der Waals surface area contributed by atoms with Crippen molar-refractivity contribution < 1.29 is 8.42 Å². The van der Waals surface area contributed by atoms with Gasteiger partial charge in [-0.2, -0.15) is 0 Å². The molecule has 4 heteroatoms. The Kier molecular flexibility index (Phi) is 3.16. The van der Waals surface area contributed by atoms with E-state index in [4.69, 9.17) is 0 Å². The molecule has 0 aliphatic rings. The average molecular weight is 152 g/mol.